The number of fused-ring (bicyclic) bond motifs is 2. The van der Waals surface area contributed by atoms with Gasteiger partial charge < -0.3 is 30.9 Å². The zero-order valence-corrected chi connectivity index (χ0v) is 33.8. The van der Waals surface area contributed by atoms with Gasteiger partial charge in [0, 0.05) is 29.5 Å². The maximum absolute atomic E-state index is 14.9. The van der Waals surface area contributed by atoms with E-state index in [1.165, 1.54) is 17.0 Å². The van der Waals surface area contributed by atoms with Crippen molar-refractivity contribution in [2.24, 2.45) is 33.5 Å². The number of nitrogens with zero attached hydrogens (tertiary/aromatic N) is 1. The summed E-state index contributed by atoms with van der Waals surface area (Å²) >= 11 is 0. The molecular formula is C41H56N6O8S. The van der Waals surface area contributed by atoms with Crippen molar-refractivity contribution in [1.29, 1.82) is 0 Å². The molecule has 1 saturated heterocycles. The van der Waals surface area contributed by atoms with Gasteiger partial charge >= 0.3 is 12.0 Å². The van der Waals surface area contributed by atoms with Crippen LogP contribution in [0.2, 0.25) is 0 Å². The lowest BCUT2D eigenvalue weighted by Crippen LogP contribution is -2.62. The lowest BCUT2D eigenvalue weighted by Gasteiger charge is -2.36. The van der Waals surface area contributed by atoms with Crippen LogP contribution in [0.25, 0.3) is 10.9 Å². The topological polar surface area (TPSA) is 207 Å². The Morgan fingerprint density at radius 2 is 1.68 bits per heavy atom. The molecule has 15 heteroatoms. The maximum Gasteiger partial charge on any atom is 0.326 e. The number of amides is 5. The van der Waals surface area contributed by atoms with Gasteiger partial charge in [-0.05, 0) is 72.8 Å². The fraction of sp³-hybridized carbons (Fsp3) is 0.634. The van der Waals surface area contributed by atoms with Crippen molar-refractivity contribution in [1.82, 2.24) is 30.6 Å². The number of carboxylic acid groups (broad SMARTS) is 1. The van der Waals surface area contributed by atoms with Crippen LogP contribution in [0, 0.1) is 33.5 Å². The van der Waals surface area contributed by atoms with E-state index in [1.807, 2.05) is 0 Å². The minimum Gasteiger partial charge on any atom is -0.480 e. The molecule has 0 radical (unpaired) electrons. The third-order valence-corrected chi connectivity index (χ3v) is 15.9. The monoisotopic (exact) mass is 792 g/mol. The Bertz CT molecular complexity index is 2080. The Labute approximate surface area is 328 Å². The molecule has 6 N–H and O–H groups in total. The molecule has 304 valence electrons. The van der Waals surface area contributed by atoms with E-state index in [1.54, 1.807) is 45.2 Å². The van der Waals surface area contributed by atoms with Gasteiger partial charge in [-0.25, -0.2) is 22.7 Å². The second kappa shape index (κ2) is 13.6. The van der Waals surface area contributed by atoms with Crippen LogP contribution in [-0.4, -0.2) is 83.3 Å². The van der Waals surface area contributed by atoms with E-state index in [0.717, 1.165) is 38.5 Å². The molecule has 5 aliphatic rings. The molecule has 1 unspecified atom stereocenters. The number of urea groups is 1. The Morgan fingerprint density at radius 3 is 2.25 bits per heavy atom. The summed E-state index contributed by atoms with van der Waals surface area (Å²) < 4.78 is 29.4. The SMILES string of the molecule is C=C[C@@H]1C[C@]1(NC(=O)[C@@H]1C[C@@]2(CN1C(=O)C(NC(=O)N[C@H](C(=O)O)C1CCCCC1)C(C)(C)C)C(C)(C)C21CCC1)C(=O)NS(=O)(=O)c1cccc2cc[nH]c12. The van der Waals surface area contributed by atoms with Gasteiger partial charge in [0.2, 0.25) is 11.8 Å². The van der Waals surface area contributed by atoms with E-state index in [2.05, 4.69) is 46.1 Å². The summed E-state index contributed by atoms with van der Waals surface area (Å²) in [5.74, 6) is -3.88. The molecule has 2 spiro atoms. The van der Waals surface area contributed by atoms with E-state index < -0.39 is 74.7 Å². The third-order valence-electron chi connectivity index (χ3n) is 14.6. The van der Waals surface area contributed by atoms with Gasteiger partial charge in [0.1, 0.15) is 28.6 Å². The number of carboxylic acids is 1. The average molecular weight is 793 g/mol. The molecule has 2 heterocycles. The summed E-state index contributed by atoms with van der Waals surface area (Å²) in [6.07, 6.45) is 10.7. The minimum atomic E-state index is -4.37. The van der Waals surface area contributed by atoms with Gasteiger partial charge in [-0.2, -0.15) is 0 Å². The number of aliphatic carboxylic acids is 1. The van der Waals surface area contributed by atoms with Gasteiger partial charge in [-0.1, -0.05) is 78.5 Å². The number of hydrogen-bond donors (Lipinski definition) is 6. The highest BCUT2D eigenvalue weighted by molar-refractivity contribution is 7.90. The van der Waals surface area contributed by atoms with Crippen molar-refractivity contribution in [2.75, 3.05) is 6.54 Å². The number of rotatable bonds is 11. The van der Waals surface area contributed by atoms with Gasteiger partial charge in [-0.3, -0.25) is 14.4 Å². The number of hydrogen-bond acceptors (Lipinski definition) is 7. The Kier molecular flexibility index (Phi) is 9.69. The number of aromatic nitrogens is 1. The fourth-order valence-corrected chi connectivity index (χ4v) is 12.2. The largest absolute Gasteiger partial charge is 0.480 e. The molecule has 5 fully saturated rings. The molecule has 2 aromatic rings. The average Bonchev–Trinajstić information content (AvgIpc) is 3.63. The van der Waals surface area contributed by atoms with Gasteiger partial charge in [0.25, 0.3) is 15.9 Å². The number of H-pyrrole nitrogens is 1. The first-order valence-corrected chi connectivity index (χ1v) is 21.4. The Balaban J connectivity index is 1.15. The maximum atomic E-state index is 14.9. The fourth-order valence-electron chi connectivity index (χ4n) is 10.9. The van der Waals surface area contributed by atoms with E-state index >= 15 is 0 Å². The van der Waals surface area contributed by atoms with Crippen molar-refractivity contribution in [3.05, 3.63) is 43.1 Å². The van der Waals surface area contributed by atoms with Crippen molar-refractivity contribution in [3.8, 4) is 0 Å². The van der Waals surface area contributed by atoms with Crippen molar-refractivity contribution in [3.63, 3.8) is 0 Å². The van der Waals surface area contributed by atoms with Crippen molar-refractivity contribution in [2.45, 2.75) is 127 Å². The van der Waals surface area contributed by atoms with Crippen LogP contribution in [0.3, 0.4) is 0 Å². The number of carbonyl (C=O) groups is 5. The summed E-state index contributed by atoms with van der Waals surface area (Å²) in [6.45, 7) is 13.9. The summed E-state index contributed by atoms with van der Waals surface area (Å²) in [5.41, 5.74) is -2.75. The lowest BCUT2D eigenvalue weighted by molar-refractivity contribution is -0.142. The molecule has 14 nitrogen and oxygen atoms in total. The zero-order valence-electron chi connectivity index (χ0n) is 33.0. The molecule has 56 heavy (non-hydrogen) atoms. The van der Waals surface area contributed by atoms with Gasteiger partial charge in [0.15, 0.2) is 0 Å². The van der Waals surface area contributed by atoms with Crippen LogP contribution in [0.5, 0.6) is 0 Å². The first-order chi connectivity index (χ1) is 26.2. The molecule has 0 bridgehead atoms. The van der Waals surface area contributed by atoms with Gasteiger partial charge in [0.05, 0.1) is 5.52 Å². The lowest BCUT2D eigenvalue weighted by atomic mass is 9.73. The second-order valence-corrected chi connectivity index (χ2v) is 20.3. The van der Waals surface area contributed by atoms with Crippen LogP contribution >= 0.6 is 0 Å². The normalized spacial score (nSPS) is 28.8. The van der Waals surface area contributed by atoms with E-state index in [9.17, 15) is 37.5 Å². The molecule has 1 aliphatic heterocycles. The molecular weight excluding hydrogens is 737 g/mol. The predicted octanol–water partition coefficient (Wildman–Crippen LogP) is 4.58. The number of para-hydroxylation sites is 1. The van der Waals surface area contributed by atoms with E-state index in [0.29, 0.717) is 30.2 Å². The molecule has 1 aromatic heterocycles. The first-order valence-electron chi connectivity index (χ1n) is 19.9. The smallest absolute Gasteiger partial charge is 0.326 e. The Hall–Kier alpha value is -4.40. The highest BCUT2D eigenvalue weighted by Crippen LogP contribution is 2.88. The highest BCUT2D eigenvalue weighted by Gasteiger charge is 2.85. The molecule has 4 aliphatic carbocycles. The summed E-state index contributed by atoms with van der Waals surface area (Å²) in [6, 6.07) is 2.41. The highest BCUT2D eigenvalue weighted by atomic mass is 32.2. The third kappa shape index (κ3) is 6.19. The number of nitrogens with one attached hydrogen (secondary N) is 5. The number of benzene rings is 1. The molecule has 5 amide bonds. The second-order valence-electron chi connectivity index (χ2n) is 18.6. The van der Waals surface area contributed by atoms with Crippen LogP contribution in [0.1, 0.15) is 98.8 Å². The van der Waals surface area contributed by atoms with Crippen LogP contribution in [0.15, 0.2) is 48.0 Å². The quantitative estimate of drug-likeness (QED) is 0.177. The summed E-state index contributed by atoms with van der Waals surface area (Å²) in [4.78, 5) is 73.7. The number of likely N-dealkylation sites (tertiary alicyclic amines) is 1. The predicted molar refractivity (Wildman–Crippen MR) is 208 cm³/mol. The van der Waals surface area contributed by atoms with E-state index in [-0.39, 0.29) is 40.0 Å². The number of carbonyl (C=O) groups excluding carboxylic acids is 4. The summed E-state index contributed by atoms with van der Waals surface area (Å²) in [7, 11) is -4.37. The van der Waals surface area contributed by atoms with Crippen molar-refractivity contribution >= 4 is 50.6 Å². The van der Waals surface area contributed by atoms with Crippen LogP contribution in [0.4, 0.5) is 4.79 Å². The molecule has 6 atom stereocenters. The Morgan fingerprint density at radius 1 is 0.982 bits per heavy atom. The zero-order chi connectivity index (χ0) is 40.6. The summed E-state index contributed by atoms with van der Waals surface area (Å²) in [5, 5.41) is 19.0. The van der Waals surface area contributed by atoms with Gasteiger partial charge in [-0.15, -0.1) is 6.58 Å². The van der Waals surface area contributed by atoms with Crippen LogP contribution < -0.4 is 20.7 Å². The van der Waals surface area contributed by atoms with Crippen molar-refractivity contribution < 1.29 is 37.5 Å². The number of sulfonamides is 1. The van der Waals surface area contributed by atoms with E-state index in [4.69, 9.17) is 0 Å². The molecule has 4 saturated carbocycles. The number of aromatic amines is 1. The molecule has 7 rings (SSSR count). The standard InChI is InChI=1S/C41H56N6O8S/c1-7-26-21-41(26,35(52)46-56(54,55)28-16-11-15-25-17-20-42-29(25)28)45-32(48)27-22-40(38(5,6)39(40)18-12-19-39)23-47(27)33(49)31(37(2,3)4)44-36(53)43-30(34(50)51)24-13-9-8-10-14-24/h7,11,15-17,20,24,26-27,30-31,42H,1,8-10,12-14,18-19,21-23H2,2-6H3,(H,45,48)(H,46,52)(H,50,51)(H2,43,44,53)/t26-,27+,30+,31?,40-,41-/m1/s1. The minimum absolute atomic E-state index is 0.0600. The van der Waals surface area contributed by atoms with Crippen LogP contribution in [-0.2, 0) is 29.2 Å². The first kappa shape index (κ1) is 39.8. The molecule has 1 aromatic carbocycles.